The summed E-state index contributed by atoms with van der Waals surface area (Å²) in [4.78, 5) is 19.1. The second-order valence-corrected chi connectivity index (χ2v) is 6.04. The molecule has 0 radical (unpaired) electrons. The predicted molar refractivity (Wildman–Crippen MR) is 93.2 cm³/mol. The molecule has 0 spiro atoms. The first-order valence-electron chi connectivity index (χ1n) is 7.58. The monoisotopic (exact) mass is 352 g/mol. The van der Waals surface area contributed by atoms with E-state index < -0.39 is 0 Å². The van der Waals surface area contributed by atoms with Crippen molar-refractivity contribution in [1.29, 1.82) is 0 Å². The van der Waals surface area contributed by atoms with Gasteiger partial charge in [0.25, 0.3) is 5.91 Å². The van der Waals surface area contributed by atoms with Crippen molar-refractivity contribution in [2.45, 2.75) is 25.9 Å². The number of hydrogen-bond acceptors (Lipinski definition) is 5. The zero-order valence-corrected chi connectivity index (χ0v) is 14.3. The van der Waals surface area contributed by atoms with Crippen LogP contribution in [-0.2, 0) is 0 Å². The third-order valence-electron chi connectivity index (χ3n) is 3.41. The summed E-state index contributed by atoms with van der Waals surface area (Å²) in [6, 6.07) is 2.97. The van der Waals surface area contributed by atoms with Crippen molar-refractivity contribution in [3.05, 3.63) is 35.2 Å². The fourth-order valence-electron chi connectivity index (χ4n) is 2.07. The average Bonchev–Trinajstić information content (AvgIpc) is 3.06. The summed E-state index contributed by atoms with van der Waals surface area (Å²) in [5.41, 5.74) is 1.82. The molecule has 0 aliphatic rings. The Morgan fingerprint density at radius 3 is 2.67 bits per heavy atom. The molecular weight excluding hydrogens is 332 g/mol. The second kappa shape index (κ2) is 8.14. The Hall–Kier alpha value is -2.09. The van der Waals surface area contributed by atoms with Crippen LogP contribution in [0.1, 0.15) is 24.3 Å². The van der Waals surface area contributed by atoms with Crippen LogP contribution in [-0.4, -0.2) is 51.4 Å². The Morgan fingerprint density at radius 1 is 1.29 bits per heavy atom. The van der Waals surface area contributed by atoms with Crippen molar-refractivity contribution < 1.29 is 15.0 Å². The highest BCUT2D eigenvalue weighted by molar-refractivity contribution is 6.33. The number of hydrogen-bond donors (Lipinski definition) is 5. The van der Waals surface area contributed by atoms with E-state index in [1.54, 1.807) is 25.3 Å². The van der Waals surface area contributed by atoms with Crippen LogP contribution in [0.4, 0.5) is 5.82 Å². The normalized spacial score (nSPS) is 13.4. The minimum absolute atomic E-state index is 0.0167. The molecule has 7 nitrogen and oxygen atoms in total. The number of carbonyl (C=O) groups is 1. The SMILES string of the molecule is C[C@@H](CO)NC(=O)c1cc(-c2cc(N[C@@H](C)CO)ncc2Cl)c[nH]1. The molecule has 2 atom stereocenters. The number of nitrogens with zero attached hydrogens (tertiary/aromatic N) is 1. The topological polar surface area (TPSA) is 110 Å². The lowest BCUT2D eigenvalue weighted by Gasteiger charge is -2.12. The summed E-state index contributed by atoms with van der Waals surface area (Å²) in [6.07, 6.45) is 3.20. The molecule has 0 aromatic carbocycles. The third kappa shape index (κ3) is 4.47. The van der Waals surface area contributed by atoms with Gasteiger partial charge in [-0.25, -0.2) is 4.98 Å². The summed E-state index contributed by atoms with van der Waals surface area (Å²) >= 11 is 6.21. The van der Waals surface area contributed by atoms with E-state index in [1.165, 1.54) is 6.20 Å². The molecule has 0 saturated carbocycles. The first-order valence-corrected chi connectivity index (χ1v) is 7.95. The molecule has 0 aliphatic carbocycles. The Bertz CT molecular complexity index is 704. The molecule has 2 aromatic heterocycles. The van der Waals surface area contributed by atoms with Gasteiger partial charge in [0.1, 0.15) is 11.5 Å². The molecule has 0 aliphatic heterocycles. The third-order valence-corrected chi connectivity index (χ3v) is 3.71. The molecule has 5 N–H and O–H groups in total. The van der Waals surface area contributed by atoms with Crippen LogP contribution < -0.4 is 10.6 Å². The van der Waals surface area contributed by atoms with Crippen LogP contribution in [0.5, 0.6) is 0 Å². The molecule has 2 heterocycles. The van der Waals surface area contributed by atoms with Crippen LogP contribution in [0.15, 0.2) is 24.5 Å². The van der Waals surface area contributed by atoms with E-state index in [1.807, 2.05) is 6.92 Å². The summed E-state index contributed by atoms with van der Waals surface area (Å²) in [6.45, 7) is 3.39. The van der Waals surface area contributed by atoms with Crippen LogP contribution in [0, 0.1) is 0 Å². The zero-order valence-electron chi connectivity index (χ0n) is 13.5. The molecule has 24 heavy (non-hydrogen) atoms. The highest BCUT2D eigenvalue weighted by atomic mass is 35.5. The van der Waals surface area contributed by atoms with Crippen LogP contribution >= 0.6 is 11.6 Å². The van der Waals surface area contributed by atoms with Gasteiger partial charge in [0, 0.05) is 35.6 Å². The van der Waals surface area contributed by atoms with E-state index in [-0.39, 0.29) is 31.2 Å². The maximum absolute atomic E-state index is 12.1. The van der Waals surface area contributed by atoms with Crippen molar-refractivity contribution in [2.24, 2.45) is 0 Å². The largest absolute Gasteiger partial charge is 0.394 e. The summed E-state index contributed by atoms with van der Waals surface area (Å²) in [7, 11) is 0. The lowest BCUT2D eigenvalue weighted by atomic mass is 10.1. The van der Waals surface area contributed by atoms with Gasteiger partial charge < -0.3 is 25.8 Å². The zero-order chi connectivity index (χ0) is 17.7. The highest BCUT2D eigenvalue weighted by Crippen LogP contribution is 2.30. The number of aliphatic hydroxyl groups is 2. The van der Waals surface area contributed by atoms with Crippen LogP contribution in [0.2, 0.25) is 5.02 Å². The number of carbonyl (C=O) groups excluding carboxylic acids is 1. The van der Waals surface area contributed by atoms with Gasteiger partial charge in [-0.3, -0.25) is 4.79 Å². The molecule has 2 rings (SSSR count). The van der Waals surface area contributed by atoms with Gasteiger partial charge in [-0.2, -0.15) is 0 Å². The van der Waals surface area contributed by atoms with Gasteiger partial charge in [-0.15, -0.1) is 0 Å². The summed E-state index contributed by atoms with van der Waals surface area (Å²) in [5, 5.41) is 24.3. The molecule has 0 fully saturated rings. The van der Waals surface area contributed by atoms with E-state index in [0.29, 0.717) is 22.1 Å². The van der Waals surface area contributed by atoms with Gasteiger partial charge in [0.05, 0.1) is 18.2 Å². The van der Waals surface area contributed by atoms with Gasteiger partial charge in [-0.1, -0.05) is 11.6 Å². The van der Waals surface area contributed by atoms with E-state index in [0.717, 1.165) is 5.56 Å². The maximum Gasteiger partial charge on any atom is 0.267 e. The van der Waals surface area contributed by atoms with E-state index in [4.69, 9.17) is 21.8 Å². The molecule has 0 bridgehead atoms. The number of pyridine rings is 1. The average molecular weight is 353 g/mol. The number of amides is 1. The Kier molecular flexibility index (Phi) is 6.19. The second-order valence-electron chi connectivity index (χ2n) is 5.64. The Balaban J connectivity index is 2.22. The predicted octanol–water partition coefficient (Wildman–Crippen LogP) is 1.63. The first-order chi connectivity index (χ1) is 11.4. The number of halogens is 1. The standard InChI is InChI=1S/C16H21ClN4O3/c1-9(7-22)20-15-4-12(13(17)6-19-15)11-3-14(18-5-11)16(24)21-10(2)8-23/h3-6,9-10,18,22-23H,7-8H2,1-2H3,(H,19,20)(H,21,24)/t9-,10-/m0/s1. The molecule has 1 amide bonds. The van der Waals surface area contributed by atoms with Crippen molar-refractivity contribution >= 4 is 23.3 Å². The molecular formula is C16H21ClN4O3. The first kappa shape index (κ1) is 18.3. The van der Waals surface area contributed by atoms with Crippen molar-refractivity contribution in [1.82, 2.24) is 15.3 Å². The molecule has 0 unspecified atom stereocenters. The number of aliphatic hydroxyl groups excluding tert-OH is 2. The smallest absolute Gasteiger partial charge is 0.267 e. The minimum Gasteiger partial charge on any atom is -0.394 e. The van der Waals surface area contributed by atoms with Crippen molar-refractivity contribution in [3.8, 4) is 11.1 Å². The quantitative estimate of drug-likeness (QED) is 0.520. The summed E-state index contributed by atoms with van der Waals surface area (Å²) < 4.78 is 0. The maximum atomic E-state index is 12.1. The van der Waals surface area contributed by atoms with Crippen LogP contribution in [0.3, 0.4) is 0 Å². The van der Waals surface area contributed by atoms with Crippen molar-refractivity contribution in [3.63, 3.8) is 0 Å². The van der Waals surface area contributed by atoms with Gasteiger partial charge in [0.15, 0.2) is 0 Å². The van der Waals surface area contributed by atoms with Gasteiger partial charge in [0.2, 0.25) is 0 Å². The highest BCUT2D eigenvalue weighted by Gasteiger charge is 2.14. The Labute approximate surface area is 145 Å². The number of rotatable bonds is 7. The summed E-state index contributed by atoms with van der Waals surface area (Å²) in [5.74, 6) is 0.275. The number of H-pyrrole nitrogens is 1. The van der Waals surface area contributed by atoms with Gasteiger partial charge >= 0.3 is 0 Å². The number of nitrogens with one attached hydrogen (secondary N) is 3. The van der Waals surface area contributed by atoms with Gasteiger partial charge in [-0.05, 0) is 26.0 Å². The van der Waals surface area contributed by atoms with E-state index in [9.17, 15) is 4.79 Å². The minimum atomic E-state index is -0.329. The van der Waals surface area contributed by atoms with Crippen molar-refractivity contribution in [2.75, 3.05) is 18.5 Å². The van der Waals surface area contributed by atoms with E-state index in [2.05, 4.69) is 20.6 Å². The number of anilines is 1. The molecule has 130 valence electrons. The van der Waals surface area contributed by atoms with E-state index >= 15 is 0 Å². The molecule has 8 heteroatoms. The number of aromatic amines is 1. The fourth-order valence-corrected chi connectivity index (χ4v) is 2.28. The molecule has 0 saturated heterocycles. The number of aromatic nitrogens is 2. The Morgan fingerprint density at radius 2 is 2.00 bits per heavy atom. The van der Waals surface area contributed by atoms with Crippen LogP contribution in [0.25, 0.3) is 11.1 Å². The lowest BCUT2D eigenvalue weighted by Crippen LogP contribution is -2.35. The fraction of sp³-hybridized carbons (Fsp3) is 0.375. The lowest BCUT2D eigenvalue weighted by molar-refractivity contribution is 0.0918. The molecule has 2 aromatic rings.